The molecule has 2 aliphatic heterocycles. The van der Waals surface area contributed by atoms with Crippen molar-refractivity contribution in [2.75, 3.05) is 13.2 Å². The number of amides is 1. The second-order valence-electron chi connectivity index (χ2n) is 5.30. The van der Waals surface area contributed by atoms with Gasteiger partial charge in [-0.1, -0.05) is 6.07 Å². The summed E-state index contributed by atoms with van der Waals surface area (Å²) in [5, 5.41) is 9.03. The lowest BCUT2D eigenvalue weighted by Crippen LogP contribution is -2.41. The Bertz CT molecular complexity index is 549. The zero-order chi connectivity index (χ0) is 14.1. The summed E-state index contributed by atoms with van der Waals surface area (Å²) in [6.45, 7) is 1.82. The molecule has 0 aliphatic carbocycles. The van der Waals surface area contributed by atoms with Crippen LogP contribution in [-0.2, 0) is 22.5 Å². The summed E-state index contributed by atoms with van der Waals surface area (Å²) in [4.78, 5) is 25.1. The molecule has 1 aromatic rings. The zero-order valence-corrected chi connectivity index (χ0v) is 11.2. The molecule has 0 spiro atoms. The number of ether oxygens (including phenoxy) is 1. The lowest BCUT2D eigenvalue weighted by atomic mass is 9.97. The molecule has 3 rings (SSSR count). The summed E-state index contributed by atoms with van der Waals surface area (Å²) in [5.74, 6) is -0.899. The Kier molecular flexibility index (Phi) is 3.44. The molecule has 5 heteroatoms. The number of fused-ring (bicyclic) bond motifs is 1. The molecular weight excluding hydrogens is 258 g/mol. The molecule has 0 saturated carbocycles. The molecule has 0 aromatic heterocycles. The maximum absolute atomic E-state index is 12.3. The average molecular weight is 275 g/mol. The molecule has 0 unspecified atom stereocenters. The molecule has 1 amide bonds. The first-order chi connectivity index (χ1) is 9.65. The Morgan fingerprint density at radius 3 is 2.85 bits per heavy atom. The number of benzene rings is 1. The topological polar surface area (TPSA) is 66.8 Å². The number of carboxylic acids is 1. The third-order valence-corrected chi connectivity index (χ3v) is 3.98. The van der Waals surface area contributed by atoms with Gasteiger partial charge < -0.3 is 14.7 Å². The number of carboxylic acid groups (broad SMARTS) is 1. The number of hydrogen-bond acceptors (Lipinski definition) is 3. The first kappa shape index (κ1) is 13.1. The van der Waals surface area contributed by atoms with Crippen LogP contribution >= 0.6 is 0 Å². The largest absolute Gasteiger partial charge is 0.478 e. The summed E-state index contributed by atoms with van der Waals surface area (Å²) >= 11 is 0. The minimum absolute atomic E-state index is 0.0360. The number of aromatic carboxylic acids is 1. The third-order valence-electron chi connectivity index (χ3n) is 3.98. The van der Waals surface area contributed by atoms with Crippen LogP contribution in [0.25, 0.3) is 0 Å². The van der Waals surface area contributed by atoms with E-state index in [-0.39, 0.29) is 17.6 Å². The zero-order valence-electron chi connectivity index (χ0n) is 11.2. The van der Waals surface area contributed by atoms with Crippen LogP contribution in [0.2, 0.25) is 0 Å². The predicted molar refractivity (Wildman–Crippen MR) is 71.5 cm³/mol. The van der Waals surface area contributed by atoms with Crippen LogP contribution in [0.15, 0.2) is 18.2 Å². The number of hydrogen-bond donors (Lipinski definition) is 1. The van der Waals surface area contributed by atoms with E-state index in [2.05, 4.69) is 0 Å². The summed E-state index contributed by atoms with van der Waals surface area (Å²) in [7, 11) is 0. The molecule has 0 radical (unpaired) electrons. The van der Waals surface area contributed by atoms with Crippen molar-refractivity contribution in [2.24, 2.45) is 0 Å². The van der Waals surface area contributed by atoms with Gasteiger partial charge in [-0.15, -0.1) is 0 Å². The van der Waals surface area contributed by atoms with E-state index in [9.17, 15) is 9.59 Å². The lowest BCUT2D eigenvalue weighted by molar-refractivity contribution is -0.141. The summed E-state index contributed by atoms with van der Waals surface area (Å²) < 4.78 is 5.43. The van der Waals surface area contributed by atoms with Crippen molar-refractivity contribution in [3.8, 4) is 0 Å². The number of rotatable bonds is 2. The standard InChI is InChI=1S/C15H17NO4/c17-14(13-2-1-7-20-13)16-6-5-10-3-4-11(15(18)19)8-12(10)9-16/h3-4,8,13H,1-2,5-7,9H2,(H,18,19)/t13-/m0/s1. The van der Waals surface area contributed by atoms with E-state index >= 15 is 0 Å². The van der Waals surface area contributed by atoms with Gasteiger partial charge in [-0.3, -0.25) is 4.79 Å². The van der Waals surface area contributed by atoms with Gasteiger partial charge in [-0.2, -0.15) is 0 Å². The van der Waals surface area contributed by atoms with Crippen LogP contribution in [-0.4, -0.2) is 41.1 Å². The second-order valence-corrected chi connectivity index (χ2v) is 5.30. The fourth-order valence-electron chi connectivity index (χ4n) is 2.85. The van der Waals surface area contributed by atoms with Crippen LogP contribution < -0.4 is 0 Å². The molecule has 1 fully saturated rings. The minimum atomic E-state index is -0.935. The normalized spacial score (nSPS) is 21.6. The SMILES string of the molecule is O=C(O)c1ccc2c(c1)CN(C(=O)[C@@H]1CCCO1)CC2. The van der Waals surface area contributed by atoms with Gasteiger partial charge in [-0.25, -0.2) is 4.79 Å². The van der Waals surface area contributed by atoms with Gasteiger partial charge in [0.05, 0.1) is 5.56 Å². The summed E-state index contributed by atoms with van der Waals surface area (Å²) in [6.07, 6.45) is 2.19. The Hall–Kier alpha value is -1.88. The van der Waals surface area contributed by atoms with Crippen molar-refractivity contribution in [1.29, 1.82) is 0 Å². The second kappa shape index (κ2) is 5.25. The molecule has 0 bridgehead atoms. The lowest BCUT2D eigenvalue weighted by Gasteiger charge is -2.30. The molecule has 2 aliphatic rings. The quantitative estimate of drug-likeness (QED) is 0.887. The van der Waals surface area contributed by atoms with E-state index in [4.69, 9.17) is 9.84 Å². The highest BCUT2D eigenvalue weighted by atomic mass is 16.5. The van der Waals surface area contributed by atoms with Crippen molar-refractivity contribution in [2.45, 2.75) is 31.9 Å². The van der Waals surface area contributed by atoms with Crippen molar-refractivity contribution < 1.29 is 19.4 Å². The third kappa shape index (κ3) is 2.41. The van der Waals surface area contributed by atoms with E-state index < -0.39 is 5.97 Å². The highest BCUT2D eigenvalue weighted by Gasteiger charge is 2.30. The van der Waals surface area contributed by atoms with E-state index in [0.717, 1.165) is 30.4 Å². The summed E-state index contributed by atoms with van der Waals surface area (Å²) in [6, 6.07) is 5.15. The highest BCUT2D eigenvalue weighted by Crippen LogP contribution is 2.23. The van der Waals surface area contributed by atoms with Crippen molar-refractivity contribution in [3.05, 3.63) is 34.9 Å². The number of nitrogens with zero attached hydrogens (tertiary/aromatic N) is 1. The Morgan fingerprint density at radius 1 is 1.30 bits per heavy atom. The van der Waals surface area contributed by atoms with Gasteiger partial charge in [0.2, 0.25) is 0 Å². The van der Waals surface area contributed by atoms with Gasteiger partial charge in [0.15, 0.2) is 0 Å². The first-order valence-corrected chi connectivity index (χ1v) is 6.90. The Labute approximate surface area is 117 Å². The number of carbonyl (C=O) groups is 2. The molecule has 1 atom stereocenters. The van der Waals surface area contributed by atoms with Gasteiger partial charge in [0.1, 0.15) is 6.10 Å². The monoisotopic (exact) mass is 275 g/mol. The maximum Gasteiger partial charge on any atom is 0.335 e. The van der Waals surface area contributed by atoms with Crippen molar-refractivity contribution in [1.82, 2.24) is 4.90 Å². The van der Waals surface area contributed by atoms with Crippen LogP contribution in [0.4, 0.5) is 0 Å². The summed E-state index contributed by atoms with van der Waals surface area (Å²) in [5.41, 5.74) is 2.34. The molecule has 20 heavy (non-hydrogen) atoms. The molecule has 2 heterocycles. The van der Waals surface area contributed by atoms with Crippen LogP contribution in [0, 0.1) is 0 Å². The molecule has 106 valence electrons. The van der Waals surface area contributed by atoms with Gasteiger partial charge in [-0.05, 0) is 42.5 Å². The Balaban J connectivity index is 1.78. The molecule has 5 nitrogen and oxygen atoms in total. The number of carbonyl (C=O) groups excluding carboxylic acids is 1. The molecule has 1 saturated heterocycles. The van der Waals surface area contributed by atoms with Crippen molar-refractivity contribution in [3.63, 3.8) is 0 Å². The fourth-order valence-corrected chi connectivity index (χ4v) is 2.85. The van der Waals surface area contributed by atoms with Crippen LogP contribution in [0.3, 0.4) is 0 Å². The smallest absolute Gasteiger partial charge is 0.335 e. The molecule has 1 N–H and O–H groups in total. The van der Waals surface area contributed by atoms with Gasteiger partial charge in [0, 0.05) is 19.7 Å². The van der Waals surface area contributed by atoms with E-state index in [0.29, 0.717) is 19.7 Å². The maximum atomic E-state index is 12.3. The highest BCUT2D eigenvalue weighted by molar-refractivity contribution is 5.88. The Morgan fingerprint density at radius 2 is 2.15 bits per heavy atom. The van der Waals surface area contributed by atoms with E-state index in [1.54, 1.807) is 17.0 Å². The van der Waals surface area contributed by atoms with Crippen molar-refractivity contribution >= 4 is 11.9 Å². The fraction of sp³-hybridized carbons (Fsp3) is 0.467. The van der Waals surface area contributed by atoms with Gasteiger partial charge >= 0.3 is 5.97 Å². The van der Waals surface area contributed by atoms with Gasteiger partial charge in [0.25, 0.3) is 5.91 Å². The van der Waals surface area contributed by atoms with Crippen LogP contribution in [0.5, 0.6) is 0 Å². The van der Waals surface area contributed by atoms with E-state index in [1.807, 2.05) is 6.07 Å². The first-order valence-electron chi connectivity index (χ1n) is 6.90. The molecular formula is C15H17NO4. The van der Waals surface area contributed by atoms with Crippen LogP contribution in [0.1, 0.15) is 34.3 Å². The van der Waals surface area contributed by atoms with E-state index in [1.165, 1.54) is 0 Å². The average Bonchev–Trinajstić information content (AvgIpc) is 2.99. The minimum Gasteiger partial charge on any atom is -0.478 e. The molecule has 1 aromatic carbocycles. The predicted octanol–water partition coefficient (Wildman–Crippen LogP) is 1.45.